The van der Waals surface area contributed by atoms with Crippen LogP contribution in [0.2, 0.25) is 0 Å². The number of carbonyl (C=O) groups excluding carboxylic acids is 2. The van der Waals surface area contributed by atoms with Crippen LogP contribution in [0.1, 0.15) is 24.4 Å². The van der Waals surface area contributed by atoms with Crippen molar-refractivity contribution < 1.29 is 9.59 Å². The Kier molecular flexibility index (Phi) is 3.55. The van der Waals surface area contributed by atoms with E-state index in [1.165, 1.54) is 0 Å². The van der Waals surface area contributed by atoms with Gasteiger partial charge in [0.05, 0.1) is 5.92 Å². The molecule has 1 fully saturated rings. The molecule has 1 aromatic rings. The smallest absolute Gasteiger partial charge is 0.245 e. The molecule has 6 heteroatoms. The maximum atomic E-state index is 11.8. The monoisotopic (exact) mass is 288 g/mol. The predicted octanol–water partition coefficient (Wildman–Crippen LogP) is 0.601. The average molecular weight is 288 g/mol. The summed E-state index contributed by atoms with van der Waals surface area (Å²) in [7, 11) is 1.67. The van der Waals surface area contributed by atoms with Crippen LogP contribution in [0, 0.1) is 5.92 Å². The molecule has 1 saturated heterocycles. The molecular formula is C15H20N4O2. The highest BCUT2D eigenvalue weighted by Crippen LogP contribution is 2.34. The average Bonchev–Trinajstić information content (AvgIpc) is 2.81. The number of amides is 2. The highest BCUT2D eigenvalue weighted by molar-refractivity contribution is 6.03. The number of nitrogens with one attached hydrogen (secondary N) is 2. The van der Waals surface area contributed by atoms with Crippen molar-refractivity contribution in [1.82, 2.24) is 5.32 Å². The summed E-state index contributed by atoms with van der Waals surface area (Å²) in [4.78, 5) is 25.6. The van der Waals surface area contributed by atoms with E-state index in [0.717, 1.165) is 36.3 Å². The number of rotatable bonds is 2. The molecule has 3 rings (SSSR count). The van der Waals surface area contributed by atoms with Gasteiger partial charge in [-0.05, 0) is 25.0 Å². The Morgan fingerprint density at radius 2 is 2.29 bits per heavy atom. The normalized spacial score (nSPS) is 24.5. The molecule has 2 aliphatic rings. The second-order valence-electron chi connectivity index (χ2n) is 5.64. The van der Waals surface area contributed by atoms with E-state index < -0.39 is 6.04 Å². The third-order valence-corrected chi connectivity index (χ3v) is 4.32. The number of fused-ring (bicyclic) bond motifs is 1. The SMILES string of the molecule is CNC(=O)C1CCCN(c2ccc3c(c2)NC(=O)C3N)C1. The van der Waals surface area contributed by atoms with E-state index in [4.69, 9.17) is 5.73 Å². The number of hydrogen-bond donors (Lipinski definition) is 3. The number of nitrogens with two attached hydrogens (primary N) is 1. The Hall–Kier alpha value is -2.08. The molecule has 2 aliphatic heterocycles. The first-order valence-electron chi connectivity index (χ1n) is 7.27. The van der Waals surface area contributed by atoms with E-state index in [1.807, 2.05) is 18.2 Å². The molecule has 4 N–H and O–H groups in total. The minimum Gasteiger partial charge on any atom is -0.371 e. The summed E-state index contributed by atoms with van der Waals surface area (Å²) < 4.78 is 0. The summed E-state index contributed by atoms with van der Waals surface area (Å²) in [5, 5.41) is 5.52. The zero-order chi connectivity index (χ0) is 15.0. The number of benzene rings is 1. The topological polar surface area (TPSA) is 87.5 Å². The quantitative estimate of drug-likeness (QED) is 0.743. The minimum atomic E-state index is -0.575. The number of piperidine rings is 1. The Bertz CT molecular complexity index is 587. The molecule has 0 aliphatic carbocycles. The van der Waals surface area contributed by atoms with E-state index in [1.54, 1.807) is 7.05 Å². The largest absolute Gasteiger partial charge is 0.371 e. The molecule has 2 heterocycles. The molecule has 2 atom stereocenters. The van der Waals surface area contributed by atoms with Crippen molar-refractivity contribution in [3.63, 3.8) is 0 Å². The molecule has 0 bridgehead atoms. The predicted molar refractivity (Wildman–Crippen MR) is 81.0 cm³/mol. The number of anilines is 2. The van der Waals surface area contributed by atoms with Crippen molar-refractivity contribution in [3.8, 4) is 0 Å². The lowest BCUT2D eigenvalue weighted by atomic mass is 9.96. The van der Waals surface area contributed by atoms with Crippen molar-refractivity contribution in [1.29, 1.82) is 0 Å². The molecule has 0 radical (unpaired) electrons. The molecular weight excluding hydrogens is 268 g/mol. The van der Waals surface area contributed by atoms with Crippen molar-refractivity contribution in [2.75, 3.05) is 30.4 Å². The summed E-state index contributed by atoms with van der Waals surface area (Å²) in [5.41, 5.74) is 8.47. The first-order chi connectivity index (χ1) is 10.1. The van der Waals surface area contributed by atoms with Gasteiger partial charge in [0.15, 0.2) is 0 Å². The van der Waals surface area contributed by atoms with E-state index in [9.17, 15) is 9.59 Å². The molecule has 0 aromatic heterocycles. The van der Waals surface area contributed by atoms with Gasteiger partial charge in [-0.3, -0.25) is 9.59 Å². The fourth-order valence-corrected chi connectivity index (χ4v) is 3.10. The third-order valence-electron chi connectivity index (χ3n) is 4.32. The van der Waals surface area contributed by atoms with Gasteiger partial charge in [-0.25, -0.2) is 0 Å². The highest BCUT2D eigenvalue weighted by Gasteiger charge is 2.29. The van der Waals surface area contributed by atoms with Gasteiger partial charge >= 0.3 is 0 Å². The van der Waals surface area contributed by atoms with Gasteiger partial charge < -0.3 is 21.3 Å². The van der Waals surface area contributed by atoms with Gasteiger partial charge in [0.25, 0.3) is 0 Å². The second-order valence-corrected chi connectivity index (χ2v) is 5.64. The molecule has 2 amide bonds. The Labute approximate surface area is 123 Å². The number of nitrogens with zero attached hydrogens (tertiary/aromatic N) is 1. The lowest BCUT2D eigenvalue weighted by Gasteiger charge is -2.33. The third kappa shape index (κ3) is 2.47. The minimum absolute atomic E-state index is 0.0221. The first kappa shape index (κ1) is 13.9. The lowest BCUT2D eigenvalue weighted by molar-refractivity contribution is -0.124. The maximum absolute atomic E-state index is 11.8. The van der Waals surface area contributed by atoms with Gasteiger partial charge in [0, 0.05) is 37.1 Å². The summed E-state index contributed by atoms with van der Waals surface area (Å²) in [6.07, 6.45) is 1.91. The molecule has 1 aromatic carbocycles. The highest BCUT2D eigenvalue weighted by atomic mass is 16.2. The van der Waals surface area contributed by atoms with E-state index in [-0.39, 0.29) is 17.7 Å². The number of carbonyl (C=O) groups is 2. The Balaban J connectivity index is 1.80. The van der Waals surface area contributed by atoms with Crippen molar-refractivity contribution in [3.05, 3.63) is 23.8 Å². The lowest BCUT2D eigenvalue weighted by Crippen LogP contribution is -2.42. The van der Waals surface area contributed by atoms with Crippen LogP contribution < -0.4 is 21.3 Å². The fraction of sp³-hybridized carbons (Fsp3) is 0.467. The van der Waals surface area contributed by atoms with Crippen LogP contribution in [-0.2, 0) is 9.59 Å². The molecule has 0 spiro atoms. The molecule has 6 nitrogen and oxygen atoms in total. The van der Waals surface area contributed by atoms with Gasteiger partial charge in [0.2, 0.25) is 11.8 Å². The Morgan fingerprint density at radius 3 is 3.05 bits per heavy atom. The zero-order valence-corrected chi connectivity index (χ0v) is 12.1. The van der Waals surface area contributed by atoms with Crippen LogP contribution >= 0.6 is 0 Å². The molecule has 0 saturated carbocycles. The standard InChI is InChI=1S/C15H20N4O2/c1-17-14(20)9-3-2-6-19(8-9)10-4-5-11-12(7-10)18-15(21)13(11)16/h4-5,7,9,13H,2-3,6,8,16H2,1H3,(H,17,20)(H,18,21). The van der Waals surface area contributed by atoms with Crippen LogP contribution in [0.4, 0.5) is 11.4 Å². The summed E-state index contributed by atoms with van der Waals surface area (Å²) in [5.74, 6) is -0.0472. The summed E-state index contributed by atoms with van der Waals surface area (Å²) in [6.45, 7) is 1.63. The van der Waals surface area contributed by atoms with Crippen molar-refractivity contribution >= 4 is 23.2 Å². The van der Waals surface area contributed by atoms with Gasteiger partial charge in [-0.2, -0.15) is 0 Å². The van der Waals surface area contributed by atoms with Crippen LogP contribution in [0.15, 0.2) is 18.2 Å². The van der Waals surface area contributed by atoms with E-state index in [0.29, 0.717) is 6.54 Å². The molecule has 21 heavy (non-hydrogen) atoms. The van der Waals surface area contributed by atoms with Crippen LogP contribution in [-0.4, -0.2) is 32.0 Å². The molecule has 2 unspecified atom stereocenters. The summed E-state index contributed by atoms with van der Waals surface area (Å²) >= 11 is 0. The number of hydrogen-bond acceptors (Lipinski definition) is 4. The van der Waals surface area contributed by atoms with Crippen molar-refractivity contribution in [2.45, 2.75) is 18.9 Å². The van der Waals surface area contributed by atoms with Crippen molar-refractivity contribution in [2.24, 2.45) is 11.7 Å². The van der Waals surface area contributed by atoms with Gasteiger partial charge in [-0.15, -0.1) is 0 Å². The van der Waals surface area contributed by atoms with E-state index in [2.05, 4.69) is 15.5 Å². The fourth-order valence-electron chi connectivity index (χ4n) is 3.10. The van der Waals surface area contributed by atoms with Crippen LogP contribution in [0.5, 0.6) is 0 Å². The first-order valence-corrected chi connectivity index (χ1v) is 7.27. The Morgan fingerprint density at radius 1 is 1.48 bits per heavy atom. The van der Waals surface area contributed by atoms with Gasteiger partial charge in [0.1, 0.15) is 6.04 Å². The van der Waals surface area contributed by atoms with Gasteiger partial charge in [-0.1, -0.05) is 6.07 Å². The maximum Gasteiger partial charge on any atom is 0.245 e. The summed E-state index contributed by atoms with van der Waals surface area (Å²) in [6, 6.07) is 5.25. The second kappa shape index (κ2) is 5.37. The van der Waals surface area contributed by atoms with Crippen LogP contribution in [0.25, 0.3) is 0 Å². The molecule has 112 valence electrons. The van der Waals surface area contributed by atoms with Crippen LogP contribution in [0.3, 0.4) is 0 Å². The van der Waals surface area contributed by atoms with E-state index >= 15 is 0 Å². The zero-order valence-electron chi connectivity index (χ0n) is 12.1.